The van der Waals surface area contributed by atoms with E-state index in [0.29, 0.717) is 22.8 Å². The fourth-order valence-electron chi connectivity index (χ4n) is 1.07. The van der Waals surface area contributed by atoms with Gasteiger partial charge in [-0.1, -0.05) is 0 Å². The topological polar surface area (TPSA) is 64.7 Å². The normalized spacial score (nSPS) is 11.1. The van der Waals surface area contributed by atoms with Crippen molar-refractivity contribution in [3.8, 4) is 5.75 Å². The van der Waals surface area contributed by atoms with E-state index in [2.05, 4.69) is 4.99 Å². The molecular formula is C10H12N2O2. The number of hydrogen-bond donors (Lipinski definition) is 1. The van der Waals surface area contributed by atoms with Crippen LogP contribution in [0.25, 0.3) is 0 Å². The van der Waals surface area contributed by atoms with Gasteiger partial charge in [-0.2, -0.15) is 0 Å². The van der Waals surface area contributed by atoms with Crippen LogP contribution in [0.5, 0.6) is 5.75 Å². The van der Waals surface area contributed by atoms with E-state index in [1.54, 1.807) is 25.1 Å². The number of carbonyl (C=O) groups excluding carboxylic acids is 1. The van der Waals surface area contributed by atoms with Crippen LogP contribution < -0.4 is 10.5 Å². The minimum absolute atomic E-state index is 0.464. The Balaban J connectivity index is 3.14. The number of aldehydes is 1. The van der Waals surface area contributed by atoms with Gasteiger partial charge in [0, 0.05) is 6.07 Å². The Kier molecular flexibility index (Phi) is 3.23. The van der Waals surface area contributed by atoms with Crippen LogP contribution in [0.1, 0.15) is 17.3 Å². The lowest BCUT2D eigenvalue weighted by molar-refractivity contribution is 0.112. The second-order valence-corrected chi connectivity index (χ2v) is 2.80. The molecule has 0 amide bonds. The predicted molar refractivity (Wildman–Crippen MR) is 55.3 cm³/mol. The van der Waals surface area contributed by atoms with Gasteiger partial charge in [0.15, 0.2) is 6.29 Å². The van der Waals surface area contributed by atoms with E-state index in [0.717, 1.165) is 6.29 Å². The number of rotatable bonds is 3. The number of hydrogen-bond acceptors (Lipinski definition) is 3. The molecule has 4 nitrogen and oxygen atoms in total. The molecule has 0 aliphatic rings. The predicted octanol–water partition coefficient (Wildman–Crippen LogP) is 1.52. The van der Waals surface area contributed by atoms with Gasteiger partial charge in [-0.05, 0) is 19.1 Å². The maximum Gasteiger partial charge on any atom is 0.153 e. The molecule has 0 saturated carbocycles. The lowest BCUT2D eigenvalue weighted by Crippen LogP contribution is -2.03. The average molecular weight is 192 g/mol. The van der Waals surface area contributed by atoms with Crippen molar-refractivity contribution in [2.24, 2.45) is 10.7 Å². The molecule has 1 aromatic carbocycles. The zero-order valence-corrected chi connectivity index (χ0v) is 8.15. The molecule has 0 unspecified atom stereocenters. The number of aliphatic imine (C=N–C) groups is 1. The highest BCUT2D eigenvalue weighted by Gasteiger charge is 2.02. The summed E-state index contributed by atoms with van der Waals surface area (Å²) in [4.78, 5) is 14.6. The van der Waals surface area contributed by atoms with Crippen molar-refractivity contribution in [2.75, 3.05) is 7.11 Å². The monoisotopic (exact) mass is 192 g/mol. The smallest absolute Gasteiger partial charge is 0.153 e. The van der Waals surface area contributed by atoms with E-state index in [4.69, 9.17) is 10.5 Å². The van der Waals surface area contributed by atoms with Crippen LogP contribution in [-0.2, 0) is 0 Å². The summed E-state index contributed by atoms with van der Waals surface area (Å²) in [6.07, 6.45) is 0.738. The third-order valence-corrected chi connectivity index (χ3v) is 1.65. The van der Waals surface area contributed by atoms with Crippen LogP contribution in [0.4, 0.5) is 5.69 Å². The van der Waals surface area contributed by atoms with Crippen molar-refractivity contribution in [2.45, 2.75) is 6.92 Å². The van der Waals surface area contributed by atoms with Crippen LogP contribution in [0.15, 0.2) is 23.2 Å². The first kappa shape index (κ1) is 10.2. The Morgan fingerprint density at radius 1 is 1.57 bits per heavy atom. The second-order valence-electron chi connectivity index (χ2n) is 2.80. The Hall–Kier alpha value is -1.84. The molecule has 74 valence electrons. The molecule has 0 atom stereocenters. The summed E-state index contributed by atoms with van der Waals surface area (Å²) >= 11 is 0. The van der Waals surface area contributed by atoms with Crippen molar-refractivity contribution in [3.05, 3.63) is 23.8 Å². The largest absolute Gasteiger partial charge is 0.496 e. The number of benzene rings is 1. The third-order valence-electron chi connectivity index (χ3n) is 1.65. The summed E-state index contributed by atoms with van der Waals surface area (Å²) in [5, 5.41) is 0. The molecule has 0 fully saturated rings. The van der Waals surface area contributed by atoms with Crippen LogP contribution in [0.3, 0.4) is 0 Å². The fourth-order valence-corrected chi connectivity index (χ4v) is 1.07. The van der Waals surface area contributed by atoms with Crippen molar-refractivity contribution < 1.29 is 9.53 Å². The molecule has 0 bridgehead atoms. The van der Waals surface area contributed by atoms with Gasteiger partial charge in [0.05, 0.1) is 24.2 Å². The molecule has 0 saturated heterocycles. The number of nitrogens with zero attached hydrogens (tertiary/aromatic N) is 1. The number of nitrogens with two attached hydrogens (primary N) is 1. The molecular weight excluding hydrogens is 180 g/mol. The summed E-state index contributed by atoms with van der Waals surface area (Å²) in [6.45, 7) is 1.69. The van der Waals surface area contributed by atoms with Crippen molar-refractivity contribution >= 4 is 17.8 Å². The Morgan fingerprint density at radius 3 is 2.79 bits per heavy atom. The number of methoxy groups -OCH3 is 1. The summed E-state index contributed by atoms with van der Waals surface area (Å²) < 4.78 is 5.02. The van der Waals surface area contributed by atoms with Gasteiger partial charge >= 0.3 is 0 Å². The van der Waals surface area contributed by atoms with Gasteiger partial charge < -0.3 is 10.5 Å². The minimum atomic E-state index is 0.464. The molecule has 1 aromatic rings. The highest BCUT2D eigenvalue weighted by molar-refractivity contribution is 5.83. The molecule has 14 heavy (non-hydrogen) atoms. The molecule has 2 N–H and O–H groups in total. The molecule has 1 rings (SSSR count). The molecule has 0 heterocycles. The van der Waals surface area contributed by atoms with Crippen molar-refractivity contribution in [1.82, 2.24) is 0 Å². The average Bonchev–Trinajstić information content (AvgIpc) is 2.16. The van der Waals surface area contributed by atoms with Gasteiger partial charge in [0.25, 0.3) is 0 Å². The van der Waals surface area contributed by atoms with E-state index >= 15 is 0 Å². The second kappa shape index (κ2) is 4.41. The first-order chi connectivity index (χ1) is 6.67. The maximum absolute atomic E-state index is 10.6. The molecule has 0 aromatic heterocycles. The van der Waals surface area contributed by atoms with E-state index < -0.39 is 0 Å². The Bertz CT molecular complexity index is 368. The molecule has 4 heteroatoms. The molecule has 0 aliphatic carbocycles. The summed E-state index contributed by atoms with van der Waals surface area (Å²) in [5.41, 5.74) is 6.60. The highest BCUT2D eigenvalue weighted by atomic mass is 16.5. The van der Waals surface area contributed by atoms with E-state index in [1.807, 2.05) is 0 Å². The lowest BCUT2D eigenvalue weighted by Gasteiger charge is -2.03. The summed E-state index contributed by atoms with van der Waals surface area (Å²) in [5.74, 6) is 0.966. The number of amidine groups is 1. The molecule has 0 aliphatic heterocycles. The first-order valence-corrected chi connectivity index (χ1v) is 4.11. The van der Waals surface area contributed by atoms with Gasteiger partial charge in [-0.15, -0.1) is 0 Å². The number of ether oxygens (including phenoxy) is 1. The van der Waals surface area contributed by atoms with Gasteiger partial charge in [0.2, 0.25) is 0 Å². The van der Waals surface area contributed by atoms with Crippen LogP contribution in [0.2, 0.25) is 0 Å². The van der Waals surface area contributed by atoms with E-state index in [9.17, 15) is 4.79 Å². The van der Waals surface area contributed by atoms with Gasteiger partial charge in [0.1, 0.15) is 5.75 Å². The van der Waals surface area contributed by atoms with Crippen LogP contribution >= 0.6 is 0 Å². The van der Waals surface area contributed by atoms with E-state index in [-0.39, 0.29) is 0 Å². The minimum Gasteiger partial charge on any atom is -0.496 e. The number of carbonyl (C=O) groups is 1. The third kappa shape index (κ3) is 2.32. The van der Waals surface area contributed by atoms with Crippen LogP contribution in [0, 0.1) is 0 Å². The van der Waals surface area contributed by atoms with Crippen molar-refractivity contribution in [3.63, 3.8) is 0 Å². The Labute approximate surface area is 82.4 Å². The van der Waals surface area contributed by atoms with Gasteiger partial charge in [-0.3, -0.25) is 4.79 Å². The van der Waals surface area contributed by atoms with Crippen molar-refractivity contribution in [1.29, 1.82) is 0 Å². The maximum atomic E-state index is 10.6. The highest BCUT2D eigenvalue weighted by Crippen LogP contribution is 2.23. The summed E-state index contributed by atoms with van der Waals surface area (Å²) in [6, 6.07) is 5.02. The fraction of sp³-hybridized carbons (Fsp3) is 0.200. The molecule has 0 radical (unpaired) electrons. The van der Waals surface area contributed by atoms with E-state index in [1.165, 1.54) is 7.11 Å². The quantitative estimate of drug-likeness (QED) is 0.448. The molecule has 0 spiro atoms. The SMILES string of the molecule is COc1cc(N=C(C)N)ccc1C=O. The first-order valence-electron chi connectivity index (χ1n) is 4.11. The summed E-state index contributed by atoms with van der Waals surface area (Å²) in [7, 11) is 1.51. The zero-order chi connectivity index (χ0) is 10.6. The lowest BCUT2D eigenvalue weighted by atomic mass is 10.2. The Morgan fingerprint density at radius 2 is 2.29 bits per heavy atom. The standard InChI is InChI=1S/C10H12N2O2/c1-7(11)12-9-4-3-8(6-13)10(5-9)14-2/h3-6H,1-2H3,(H2,11,12). The van der Waals surface area contributed by atoms with Gasteiger partial charge in [-0.25, -0.2) is 4.99 Å². The zero-order valence-electron chi connectivity index (χ0n) is 8.15. The van der Waals surface area contributed by atoms with Crippen LogP contribution in [-0.4, -0.2) is 19.2 Å².